The fraction of sp³-hybridized carbons (Fsp3) is 0.444. The van der Waals surface area contributed by atoms with Gasteiger partial charge in [0, 0.05) is 32.7 Å². The Hall–Kier alpha value is -1.27. The minimum atomic E-state index is 0.0708. The molecule has 1 aromatic carbocycles. The molecule has 140 valence electrons. The van der Waals surface area contributed by atoms with E-state index in [4.69, 9.17) is 34.8 Å². The standard InChI is InChI=1S/C18H21Cl3N4O/c1-12-18(21)13(2)25(22-12)11-17(26)24-7-5-23(6-8-24)10-14-3-4-15(19)16(20)9-14/h3-4,9H,5-8,10-11H2,1-2H3. The molecule has 2 heterocycles. The Labute approximate surface area is 168 Å². The van der Waals surface area contributed by atoms with Crippen LogP contribution in [0.3, 0.4) is 0 Å². The number of rotatable bonds is 4. The SMILES string of the molecule is Cc1nn(CC(=O)N2CCN(Cc3ccc(Cl)c(Cl)c3)CC2)c(C)c1Cl. The van der Waals surface area contributed by atoms with Crippen molar-refractivity contribution >= 4 is 40.7 Å². The summed E-state index contributed by atoms with van der Waals surface area (Å²) in [5.74, 6) is 0.0708. The van der Waals surface area contributed by atoms with Crippen molar-refractivity contribution in [2.24, 2.45) is 0 Å². The molecule has 0 spiro atoms. The molecule has 1 aliphatic rings. The fourth-order valence-electron chi connectivity index (χ4n) is 3.11. The Balaban J connectivity index is 1.53. The van der Waals surface area contributed by atoms with Crippen molar-refractivity contribution in [3.63, 3.8) is 0 Å². The quantitative estimate of drug-likeness (QED) is 0.762. The van der Waals surface area contributed by atoms with E-state index in [1.165, 1.54) is 0 Å². The van der Waals surface area contributed by atoms with Gasteiger partial charge in [-0.3, -0.25) is 14.4 Å². The summed E-state index contributed by atoms with van der Waals surface area (Å²) in [6.07, 6.45) is 0. The maximum Gasteiger partial charge on any atom is 0.244 e. The number of carbonyl (C=O) groups is 1. The summed E-state index contributed by atoms with van der Waals surface area (Å²) >= 11 is 18.2. The average molecular weight is 416 g/mol. The molecule has 1 amide bonds. The highest BCUT2D eigenvalue weighted by Gasteiger charge is 2.22. The van der Waals surface area contributed by atoms with E-state index in [-0.39, 0.29) is 12.5 Å². The van der Waals surface area contributed by atoms with Crippen LogP contribution in [-0.2, 0) is 17.9 Å². The van der Waals surface area contributed by atoms with Crippen molar-refractivity contribution < 1.29 is 4.79 Å². The Morgan fingerprint density at radius 1 is 1.08 bits per heavy atom. The third kappa shape index (κ3) is 4.34. The summed E-state index contributed by atoms with van der Waals surface area (Å²) in [5, 5.41) is 6.10. The number of nitrogens with zero attached hydrogens (tertiary/aromatic N) is 4. The Bertz CT molecular complexity index is 813. The van der Waals surface area contributed by atoms with Gasteiger partial charge in [0.25, 0.3) is 0 Å². The number of hydrogen-bond donors (Lipinski definition) is 0. The zero-order valence-electron chi connectivity index (χ0n) is 14.8. The smallest absolute Gasteiger partial charge is 0.244 e. The van der Waals surface area contributed by atoms with Crippen LogP contribution in [0.5, 0.6) is 0 Å². The van der Waals surface area contributed by atoms with Gasteiger partial charge in [-0.2, -0.15) is 5.10 Å². The van der Waals surface area contributed by atoms with Crippen molar-refractivity contribution in [1.29, 1.82) is 0 Å². The van der Waals surface area contributed by atoms with Crippen LogP contribution in [0.25, 0.3) is 0 Å². The Morgan fingerprint density at radius 3 is 2.35 bits per heavy atom. The van der Waals surface area contributed by atoms with Crippen molar-refractivity contribution in [3.8, 4) is 0 Å². The summed E-state index contributed by atoms with van der Waals surface area (Å²) in [5.41, 5.74) is 2.70. The van der Waals surface area contributed by atoms with Crippen LogP contribution in [0.15, 0.2) is 18.2 Å². The maximum atomic E-state index is 12.6. The molecule has 0 radical (unpaired) electrons. The summed E-state index contributed by atoms with van der Waals surface area (Å²) < 4.78 is 1.68. The molecule has 0 saturated carbocycles. The molecule has 1 aromatic heterocycles. The van der Waals surface area contributed by atoms with Crippen LogP contribution < -0.4 is 0 Å². The third-order valence-corrected chi connectivity index (χ3v) is 5.98. The van der Waals surface area contributed by atoms with Gasteiger partial charge in [-0.15, -0.1) is 0 Å². The van der Waals surface area contributed by atoms with E-state index in [1.54, 1.807) is 4.68 Å². The minimum Gasteiger partial charge on any atom is -0.339 e. The first-order chi connectivity index (χ1) is 12.3. The maximum absolute atomic E-state index is 12.6. The first-order valence-electron chi connectivity index (χ1n) is 8.48. The highest BCUT2D eigenvalue weighted by molar-refractivity contribution is 6.42. The van der Waals surface area contributed by atoms with Crippen LogP contribution in [-0.4, -0.2) is 51.7 Å². The van der Waals surface area contributed by atoms with Gasteiger partial charge in [0.15, 0.2) is 0 Å². The molecule has 0 aliphatic carbocycles. The van der Waals surface area contributed by atoms with E-state index in [9.17, 15) is 4.79 Å². The van der Waals surface area contributed by atoms with Gasteiger partial charge in [0.05, 0.1) is 26.5 Å². The van der Waals surface area contributed by atoms with E-state index in [0.29, 0.717) is 28.2 Å². The third-order valence-electron chi connectivity index (χ3n) is 4.69. The molecule has 8 heteroatoms. The van der Waals surface area contributed by atoms with E-state index in [0.717, 1.165) is 36.6 Å². The normalized spacial score (nSPS) is 15.5. The van der Waals surface area contributed by atoms with Crippen LogP contribution in [0.2, 0.25) is 15.1 Å². The number of aromatic nitrogens is 2. The number of piperazine rings is 1. The van der Waals surface area contributed by atoms with Gasteiger partial charge in [-0.25, -0.2) is 0 Å². The lowest BCUT2D eigenvalue weighted by Gasteiger charge is -2.34. The van der Waals surface area contributed by atoms with E-state index in [1.807, 2.05) is 36.9 Å². The topological polar surface area (TPSA) is 41.4 Å². The van der Waals surface area contributed by atoms with Crippen molar-refractivity contribution in [1.82, 2.24) is 19.6 Å². The van der Waals surface area contributed by atoms with E-state index in [2.05, 4.69) is 10.00 Å². The predicted molar refractivity (Wildman–Crippen MR) is 105 cm³/mol. The summed E-state index contributed by atoms with van der Waals surface area (Å²) in [4.78, 5) is 16.8. The predicted octanol–water partition coefficient (Wildman–Crippen LogP) is 3.80. The number of hydrogen-bond acceptors (Lipinski definition) is 3. The second-order valence-electron chi connectivity index (χ2n) is 6.55. The number of halogens is 3. The second kappa shape index (κ2) is 8.17. The molecule has 1 aliphatic heterocycles. The molecule has 5 nitrogen and oxygen atoms in total. The number of benzene rings is 1. The first kappa shape index (κ1) is 19.5. The highest BCUT2D eigenvalue weighted by Crippen LogP contribution is 2.23. The largest absolute Gasteiger partial charge is 0.339 e. The van der Waals surface area contributed by atoms with Gasteiger partial charge in [0.2, 0.25) is 5.91 Å². The van der Waals surface area contributed by atoms with Crippen LogP contribution in [0, 0.1) is 13.8 Å². The molecule has 0 bridgehead atoms. The lowest BCUT2D eigenvalue weighted by Crippen LogP contribution is -2.49. The fourth-order valence-corrected chi connectivity index (χ4v) is 3.56. The van der Waals surface area contributed by atoms with E-state index >= 15 is 0 Å². The molecule has 0 unspecified atom stereocenters. The lowest BCUT2D eigenvalue weighted by atomic mass is 10.2. The molecule has 26 heavy (non-hydrogen) atoms. The molecule has 0 N–H and O–H groups in total. The molecule has 3 rings (SSSR count). The second-order valence-corrected chi connectivity index (χ2v) is 7.74. The summed E-state index contributed by atoms with van der Waals surface area (Å²) in [6, 6.07) is 5.70. The molecular weight excluding hydrogens is 395 g/mol. The molecular formula is C18H21Cl3N4O. The number of carbonyl (C=O) groups excluding carboxylic acids is 1. The summed E-state index contributed by atoms with van der Waals surface area (Å²) in [7, 11) is 0. The zero-order valence-corrected chi connectivity index (χ0v) is 17.1. The first-order valence-corrected chi connectivity index (χ1v) is 9.62. The monoisotopic (exact) mass is 414 g/mol. The highest BCUT2D eigenvalue weighted by atomic mass is 35.5. The lowest BCUT2D eigenvalue weighted by molar-refractivity contribution is -0.133. The molecule has 1 fully saturated rings. The zero-order chi connectivity index (χ0) is 18.8. The summed E-state index contributed by atoms with van der Waals surface area (Å²) in [6.45, 7) is 7.80. The number of aryl methyl sites for hydroxylation is 1. The minimum absolute atomic E-state index is 0.0708. The molecule has 2 aromatic rings. The van der Waals surface area contributed by atoms with Gasteiger partial charge in [-0.1, -0.05) is 40.9 Å². The van der Waals surface area contributed by atoms with Crippen LogP contribution in [0.1, 0.15) is 17.0 Å². The van der Waals surface area contributed by atoms with Crippen molar-refractivity contribution in [2.45, 2.75) is 26.9 Å². The van der Waals surface area contributed by atoms with E-state index < -0.39 is 0 Å². The van der Waals surface area contributed by atoms with Crippen LogP contribution in [0.4, 0.5) is 0 Å². The van der Waals surface area contributed by atoms with Crippen molar-refractivity contribution in [3.05, 3.63) is 50.2 Å². The Morgan fingerprint density at radius 2 is 1.77 bits per heavy atom. The Kier molecular flexibility index (Phi) is 6.13. The average Bonchev–Trinajstić information content (AvgIpc) is 2.85. The number of amides is 1. The van der Waals surface area contributed by atoms with Gasteiger partial charge in [-0.05, 0) is 31.5 Å². The van der Waals surface area contributed by atoms with Crippen molar-refractivity contribution in [2.75, 3.05) is 26.2 Å². The molecule has 0 atom stereocenters. The molecule has 1 saturated heterocycles. The van der Waals surface area contributed by atoms with Gasteiger partial charge in [0.1, 0.15) is 6.54 Å². The van der Waals surface area contributed by atoms with Gasteiger partial charge < -0.3 is 4.90 Å². The van der Waals surface area contributed by atoms with Gasteiger partial charge >= 0.3 is 0 Å². The van der Waals surface area contributed by atoms with Crippen LogP contribution >= 0.6 is 34.8 Å².